The van der Waals surface area contributed by atoms with Crippen LogP contribution in [-0.4, -0.2) is 36.6 Å². The number of aryl methyl sites for hydroxylation is 2. The maximum absolute atomic E-state index is 5.08. The molecule has 0 spiro atoms. The topological polar surface area (TPSA) is 39.1 Å². The summed E-state index contributed by atoms with van der Waals surface area (Å²) in [5.41, 5.74) is 2.63. The largest absolute Gasteiger partial charge is 0.383 e. The molecule has 0 saturated heterocycles. The summed E-state index contributed by atoms with van der Waals surface area (Å²) < 4.78 is 7.09. The smallest absolute Gasteiger partial charge is 0.0596 e. The Bertz CT molecular complexity index is 387. The summed E-state index contributed by atoms with van der Waals surface area (Å²) in [5, 5.41) is 7.94. The molecule has 0 aliphatic heterocycles. The maximum atomic E-state index is 5.08. The Hall–Kier alpha value is -0.870. The van der Waals surface area contributed by atoms with E-state index in [1.54, 1.807) is 7.11 Å². The van der Waals surface area contributed by atoms with Crippen LogP contribution in [0.4, 0.5) is 0 Å². The fraction of sp³-hybridized carbons (Fsp3) is 0.800. The van der Waals surface area contributed by atoms with Crippen LogP contribution in [0.1, 0.15) is 32.2 Å². The fourth-order valence-corrected chi connectivity index (χ4v) is 2.26. The van der Waals surface area contributed by atoms with Gasteiger partial charge in [0.2, 0.25) is 0 Å². The molecule has 1 atom stereocenters. The van der Waals surface area contributed by atoms with Gasteiger partial charge in [0.05, 0.1) is 12.3 Å². The van der Waals surface area contributed by atoms with Gasteiger partial charge in [0, 0.05) is 32.9 Å². The molecule has 0 radical (unpaired) electrons. The lowest BCUT2D eigenvalue weighted by molar-refractivity contribution is 0.173. The lowest BCUT2D eigenvalue weighted by Crippen LogP contribution is -2.39. The first-order valence-electron chi connectivity index (χ1n) is 7.08. The Balaban J connectivity index is 2.68. The predicted octanol–water partition coefficient (Wildman–Crippen LogP) is 2.17. The molecule has 1 rings (SSSR count). The Kier molecular flexibility index (Phi) is 6.01. The van der Waals surface area contributed by atoms with Gasteiger partial charge in [-0.3, -0.25) is 4.68 Å². The van der Waals surface area contributed by atoms with Gasteiger partial charge < -0.3 is 10.1 Å². The van der Waals surface area contributed by atoms with Crippen molar-refractivity contribution in [3.8, 4) is 0 Å². The highest BCUT2D eigenvalue weighted by molar-refractivity contribution is 5.11. The van der Waals surface area contributed by atoms with E-state index < -0.39 is 0 Å². The van der Waals surface area contributed by atoms with Crippen molar-refractivity contribution in [2.75, 3.05) is 26.8 Å². The molecule has 1 aromatic rings. The van der Waals surface area contributed by atoms with E-state index in [9.17, 15) is 0 Å². The van der Waals surface area contributed by atoms with E-state index >= 15 is 0 Å². The number of nitrogens with zero attached hydrogens (tertiary/aromatic N) is 2. The third-order valence-electron chi connectivity index (χ3n) is 4.09. The van der Waals surface area contributed by atoms with Crippen molar-refractivity contribution in [1.82, 2.24) is 15.1 Å². The number of hydrogen-bond donors (Lipinski definition) is 1. The molecule has 19 heavy (non-hydrogen) atoms. The van der Waals surface area contributed by atoms with Crippen LogP contribution in [0.3, 0.4) is 0 Å². The SMILES string of the molecule is COCCNCC(C)(Cc1cc(C)nn1C)C(C)C. The average molecular weight is 267 g/mol. The van der Waals surface area contributed by atoms with Gasteiger partial charge in [0.15, 0.2) is 0 Å². The second-order valence-corrected chi connectivity index (χ2v) is 6.06. The summed E-state index contributed by atoms with van der Waals surface area (Å²) in [7, 11) is 3.77. The number of ether oxygens (including phenoxy) is 1. The highest BCUT2D eigenvalue weighted by atomic mass is 16.5. The lowest BCUT2D eigenvalue weighted by atomic mass is 9.75. The Morgan fingerprint density at radius 1 is 1.47 bits per heavy atom. The fourth-order valence-electron chi connectivity index (χ4n) is 2.26. The van der Waals surface area contributed by atoms with Crippen LogP contribution in [0.25, 0.3) is 0 Å². The Morgan fingerprint density at radius 3 is 2.63 bits per heavy atom. The summed E-state index contributed by atoms with van der Waals surface area (Å²) in [6, 6.07) is 2.19. The van der Waals surface area contributed by atoms with E-state index in [1.165, 1.54) is 5.69 Å². The average Bonchev–Trinajstić information content (AvgIpc) is 2.63. The molecule has 0 aliphatic carbocycles. The van der Waals surface area contributed by atoms with Gasteiger partial charge >= 0.3 is 0 Å². The number of aromatic nitrogens is 2. The molecule has 110 valence electrons. The summed E-state index contributed by atoms with van der Waals surface area (Å²) >= 11 is 0. The number of methoxy groups -OCH3 is 1. The van der Waals surface area contributed by atoms with Gasteiger partial charge in [-0.2, -0.15) is 5.10 Å². The van der Waals surface area contributed by atoms with Crippen LogP contribution in [0.15, 0.2) is 6.07 Å². The molecule has 0 aromatic carbocycles. The second-order valence-electron chi connectivity index (χ2n) is 6.06. The number of rotatable bonds is 8. The van der Waals surface area contributed by atoms with E-state index in [-0.39, 0.29) is 5.41 Å². The highest BCUT2D eigenvalue weighted by Gasteiger charge is 2.29. The summed E-state index contributed by atoms with van der Waals surface area (Å²) in [6.45, 7) is 11.6. The van der Waals surface area contributed by atoms with Crippen LogP contribution < -0.4 is 5.32 Å². The highest BCUT2D eigenvalue weighted by Crippen LogP contribution is 2.30. The van der Waals surface area contributed by atoms with Crippen molar-refractivity contribution in [2.45, 2.75) is 34.1 Å². The Morgan fingerprint density at radius 2 is 2.16 bits per heavy atom. The van der Waals surface area contributed by atoms with Crippen LogP contribution >= 0.6 is 0 Å². The van der Waals surface area contributed by atoms with E-state index in [0.29, 0.717) is 5.92 Å². The third-order valence-corrected chi connectivity index (χ3v) is 4.09. The first-order chi connectivity index (χ1) is 8.89. The van der Waals surface area contributed by atoms with Crippen molar-refractivity contribution in [3.05, 3.63) is 17.5 Å². The lowest BCUT2D eigenvalue weighted by Gasteiger charge is -2.34. The minimum absolute atomic E-state index is 0.230. The van der Waals surface area contributed by atoms with Crippen LogP contribution in [0.2, 0.25) is 0 Å². The van der Waals surface area contributed by atoms with E-state index in [0.717, 1.165) is 31.8 Å². The number of hydrogen-bond acceptors (Lipinski definition) is 3. The normalized spacial score (nSPS) is 14.9. The molecule has 1 N–H and O–H groups in total. The molecular formula is C15H29N3O. The molecule has 4 nitrogen and oxygen atoms in total. The molecule has 0 saturated carbocycles. The van der Waals surface area contributed by atoms with Crippen molar-refractivity contribution >= 4 is 0 Å². The van der Waals surface area contributed by atoms with Gasteiger partial charge in [-0.15, -0.1) is 0 Å². The van der Waals surface area contributed by atoms with Gasteiger partial charge in [0.25, 0.3) is 0 Å². The van der Waals surface area contributed by atoms with Crippen molar-refractivity contribution in [2.24, 2.45) is 18.4 Å². The molecule has 1 unspecified atom stereocenters. The number of nitrogens with one attached hydrogen (secondary N) is 1. The minimum Gasteiger partial charge on any atom is -0.383 e. The molecule has 1 heterocycles. The van der Waals surface area contributed by atoms with Crippen LogP contribution in [0, 0.1) is 18.3 Å². The van der Waals surface area contributed by atoms with Gasteiger partial charge in [-0.05, 0) is 30.7 Å². The summed E-state index contributed by atoms with van der Waals surface area (Å²) in [4.78, 5) is 0. The monoisotopic (exact) mass is 267 g/mol. The van der Waals surface area contributed by atoms with Gasteiger partial charge in [-0.25, -0.2) is 0 Å². The van der Waals surface area contributed by atoms with E-state index in [4.69, 9.17) is 4.74 Å². The predicted molar refractivity (Wildman–Crippen MR) is 79.3 cm³/mol. The summed E-state index contributed by atoms with van der Waals surface area (Å²) in [6.07, 6.45) is 1.04. The summed E-state index contributed by atoms with van der Waals surface area (Å²) in [5.74, 6) is 0.609. The van der Waals surface area contributed by atoms with E-state index in [1.807, 2.05) is 18.7 Å². The molecule has 0 bridgehead atoms. The van der Waals surface area contributed by atoms with Crippen LogP contribution in [-0.2, 0) is 18.2 Å². The zero-order chi connectivity index (χ0) is 14.5. The molecule has 1 aromatic heterocycles. The third kappa shape index (κ3) is 4.62. The molecule has 4 heteroatoms. The molecular weight excluding hydrogens is 238 g/mol. The minimum atomic E-state index is 0.230. The van der Waals surface area contributed by atoms with Gasteiger partial charge in [0.1, 0.15) is 0 Å². The Labute approximate surface area is 117 Å². The first kappa shape index (κ1) is 16.2. The van der Waals surface area contributed by atoms with Crippen LogP contribution in [0.5, 0.6) is 0 Å². The van der Waals surface area contributed by atoms with Crippen molar-refractivity contribution < 1.29 is 4.74 Å². The quantitative estimate of drug-likeness (QED) is 0.734. The molecule has 0 aliphatic rings. The second kappa shape index (κ2) is 7.06. The first-order valence-corrected chi connectivity index (χ1v) is 7.08. The van der Waals surface area contributed by atoms with E-state index in [2.05, 4.69) is 37.3 Å². The zero-order valence-electron chi connectivity index (χ0n) is 13.3. The molecule has 0 fully saturated rings. The molecule has 0 amide bonds. The standard InChI is InChI=1S/C15H29N3O/c1-12(2)15(4,11-16-7-8-19-6)10-14-9-13(3)17-18(14)5/h9,12,16H,7-8,10-11H2,1-6H3. The van der Waals surface area contributed by atoms with Gasteiger partial charge in [-0.1, -0.05) is 20.8 Å². The van der Waals surface area contributed by atoms with Crippen molar-refractivity contribution in [3.63, 3.8) is 0 Å². The van der Waals surface area contributed by atoms with Crippen molar-refractivity contribution in [1.29, 1.82) is 0 Å². The zero-order valence-corrected chi connectivity index (χ0v) is 13.3. The maximum Gasteiger partial charge on any atom is 0.0596 e.